The highest BCUT2D eigenvalue weighted by Crippen LogP contribution is 2.14. The average molecular weight is 370 g/mol. The fourth-order valence-corrected chi connectivity index (χ4v) is 2.90. The van der Waals surface area contributed by atoms with Crippen LogP contribution in [0.1, 0.15) is 24.8 Å². The van der Waals surface area contributed by atoms with Gasteiger partial charge in [0, 0.05) is 45.6 Å². The Kier molecular flexibility index (Phi) is 9.31. The van der Waals surface area contributed by atoms with E-state index in [2.05, 4.69) is 0 Å². The Hall–Kier alpha value is -1.79. The molecule has 1 aromatic carbocycles. The third-order valence-electron chi connectivity index (χ3n) is 4.35. The molecule has 1 aliphatic rings. The molecule has 25 heavy (non-hydrogen) atoms. The van der Waals surface area contributed by atoms with Crippen LogP contribution in [0.3, 0.4) is 0 Å². The van der Waals surface area contributed by atoms with Crippen LogP contribution in [-0.2, 0) is 16.0 Å². The van der Waals surface area contributed by atoms with Crippen LogP contribution in [0.2, 0.25) is 0 Å². The second kappa shape index (κ2) is 10.9. The van der Waals surface area contributed by atoms with Gasteiger partial charge in [-0.2, -0.15) is 0 Å². The van der Waals surface area contributed by atoms with Gasteiger partial charge in [-0.3, -0.25) is 9.59 Å². The number of nitrogens with two attached hydrogens (primary N) is 1. The van der Waals surface area contributed by atoms with E-state index in [-0.39, 0.29) is 24.2 Å². The minimum absolute atomic E-state index is 0. The van der Waals surface area contributed by atoms with E-state index < -0.39 is 0 Å². The Bertz CT molecular complexity index is 551. The van der Waals surface area contributed by atoms with Crippen molar-refractivity contribution in [3.8, 4) is 5.75 Å². The minimum Gasteiger partial charge on any atom is -0.497 e. The second-order valence-electron chi connectivity index (χ2n) is 6.00. The first-order valence-corrected chi connectivity index (χ1v) is 8.52. The molecule has 1 saturated heterocycles. The summed E-state index contributed by atoms with van der Waals surface area (Å²) in [5, 5.41) is 0. The standard InChI is InChI=1S/C18H27N3O3.ClH/c1-24-16-6-3-15(4-7-16)5-8-17(22)20-11-2-12-21(14-13-20)18(23)9-10-19;/h3-4,6-7H,2,5,8-14,19H2,1H3;1H. The number of nitrogens with zero attached hydrogens (tertiary/aromatic N) is 2. The molecule has 0 aromatic heterocycles. The van der Waals surface area contributed by atoms with Crippen molar-refractivity contribution in [3.05, 3.63) is 29.8 Å². The van der Waals surface area contributed by atoms with Gasteiger partial charge in [-0.1, -0.05) is 12.1 Å². The summed E-state index contributed by atoms with van der Waals surface area (Å²) in [5.74, 6) is 1.06. The lowest BCUT2D eigenvalue weighted by Crippen LogP contribution is -2.37. The van der Waals surface area contributed by atoms with E-state index in [1.54, 1.807) is 7.11 Å². The maximum Gasteiger partial charge on any atom is 0.223 e. The van der Waals surface area contributed by atoms with E-state index in [9.17, 15) is 9.59 Å². The van der Waals surface area contributed by atoms with Gasteiger partial charge in [0.15, 0.2) is 0 Å². The number of ether oxygens (including phenoxy) is 1. The molecule has 0 saturated carbocycles. The first kappa shape index (κ1) is 21.3. The number of aryl methyl sites for hydroxylation is 1. The summed E-state index contributed by atoms with van der Waals surface area (Å²) in [6, 6.07) is 7.79. The molecule has 2 amide bonds. The zero-order chi connectivity index (χ0) is 17.4. The lowest BCUT2D eigenvalue weighted by molar-refractivity contribution is -0.133. The molecule has 0 atom stereocenters. The highest BCUT2D eigenvalue weighted by atomic mass is 35.5. The number of hydrogen-bond donors (Lipinski definition) is 1. The zero-order valence-electron chi connectivity index (χ0n) is 14.8. The van der Waals surface area contributed by atoms with E-state index in [1.165, 1.54) is 0 Å². The van der Waals surface area contributed by atoms with Crippen LogP contribution in [0.15, 0.2) is 24.3 Å². The first-order valence-electron chi connectivity index (χ1n) is 8.52. The van der Waals surface area contributed by atoms with Crippen molar-refractivity contribution in [3.63, 3.8) is 0 Å². The SMILES string of the molecule is COc1ccc(CCC(=O)N2CCCN(C(=O)CCN)CC2)cc1.Cl. The number of amides is 2. The first-order chi connectivity index (χ1) is 11.6. The highest BCUT2D eigenvalue weighted by molar-refractivity contribution is 5.85. The quantitative estimate of drug-likeness (QED) is 0.823. The molecule has 1 fully saturated rings. The Morgan fingerprint density at radius 1 is 1.00 bits per heavy atom. The number of methoxy groups -OCH3 is 1. The van der Waals surface area contributed by atoms with Crippen molar-refractivity contribution < 1.29 is 14.3 Å². The van der Waals surface area contributed by atoms with E-state index in [4.69, 9.17) is 10.5 Å². The third-order valence-corrected chi connectivity index (χ3v) is 4.35. The van der Waals surface area contributed by atoms with Crippen LogP contribution in [0.25, 0.3) is 0 Å². The van der Waals surface area contributed by atoms with Crippen molar-refractivity contribution in [1.29, 1.82) is 0 Å². The molecule has 0 bridgehead atoms. The predicted octanol–water partition coefficient (Wildman–Crippen LogP) is 1.46. The Balaban J connectivity index is 0.00000312. The van der Waals surface area contributed by atoms with Crippen molar-refractivity contribution in [2.75, 3.05) is 39.8 Å². The number of benzene rings is 1. The fraction of sp³-hybridized carbons (Fsp3) is 0.556. The average Bonchev–Trinajstić information content (AvgIpc) is 2.86. The van der Waals surface area contributed by atoms with Crippen LogP contribution in [0.4, 0.5) is 0 Å². The van der Waals surface area contributed by atoms with Gasteiger partial charge in [-0.15, -0.1) is 12.4 Å². The van der Waals surface area contributed by atoms with Crippen LogP contribution < -0.4 is 10.5 Å². The smallest absolute Gasteiger partial charge is 0.223 e. The molecule has 0 unspecified atom stereocenters. The second-order valence-corrected chi connectivity index (χ2v) is 6.00. The van der Waals surface area contributed by atoms with E-state index in [0.717, 1.165) is 24.2 Å². The molecular weight excluding hydrogens is 342 g/mol. The molecule has 140 valence electrons. The van der Waals surface area contributed by atoms with E-state index in [0.29, 0.717) is 45.6 Å². The summed E-state index contributed by atoms with van der Waals surface area (Å²) >= 11 is 0. The van der Waals surface area contributed by atoms with Gasteiger partial charge >= 0.3 is 0 Å². The lowest BCUT2D eigenvalue weighted by Gasteiger charge is -2.22. The van der Waals surface area contributed by atoms with Gasteiger partial charge in [0.1, 0.15) is 5.75 Å². The van der Waals surface area contributed by atoms with Crippen LogP contribution in [0, 0.1) is 0 Å². The Labute approximate surface area is 155 Å². The minimum atomic E-state index is 0. The molecule has 2 N–H and O–H groups in total. The summed E-state index contributed by atoms with van der Waals surface area (Å²) in [4.78, 5) is 28.0. The maximum atomic E-state index is 12.4. The number of hydrogen-bond acceptors (Lipinski definition) is 4. The van der Waals surface area contributed by atoms with Crippen molar-refractivity contribution in [2.24, 2.45) is 5.73 Å². The van der Waals surface area contributed by atoms with Gasteiger partial charge in [0.05, 0.1) is 7.11 Å². The number of halogens is 1. The van der Waals surface area contributed by atoms with Crippen LogP contribution >= 0.6 is 12.4 Å². The molecule has 7 heteroatoms. The predicted molar refractivity (Wildman–Crippen MR) is 100 cm³/mol. The molecule has 0 aliphatic carbocycles. The Morgan fingerprint density at radius 2 is 1.56 bits per heavy atom. The van der Waals surface area contributed by atoms with Gasteiger partial charge in [0.25, 0.3) is 0 Å². The zero-order valence-corrected chi connectivity index (χ0v) is 15.6. The maximum absolute atomic E-state index is 12.4. The van der Waals surface area contributed by atoms with Gasteiger partial charge < -0.3 is 20.3 Å². The third kappa shape index (κ3) is 6.55. The van der Waals surface area contributed by atoms with Crippen molar-refractivity contribution in [1.82, 2.24) is 9.80 Å². The molecule has 0 spiro atoms. The molecule has 1 aromatic rings. The Morgan fingerprint density at radius 3 is 2.08 bits per heavy atom. The monoisotopic (exact) mass is 369 g/mol. The lowest BCUT2D eigenvalue weighted by atomic mass is 10.1. The van der Waals surface area contributed by atoms with Gasteiger partial charge in [-0.05, 0) is 30.5 Å². The summed E-state index contributed by atoms with van der Waals surface area (Å²) in [5.41, 5.74) is 6.57. The number of carbonyl (C=O) groups excluding carboxylic acids is 2. The molecular formula is C18H28ClN3O3. The largest absolute Gasteiger partial charge is 0.497 e. The summed E-state index contributed by atoms with van der Waals surface area (Å²) in [7, 11) is 1.64. The van der Waals surface area contributed by atoms with Gasteiger partial charge in [0.2, 0.25) is 11.8 Å². The molecule has 1 aliphatic heterocycles. The summed E-state index contributed by atoms with van der Waals surface area (Å²) in [6.07, 6.45) is 2.41. The summed E-state index contributed by atoms with van der Waals surface area (Å²) < 4.78 is 5.14. The molecule has 0 radical (unpaired) electrons. The normalized spacial score (nSPS) is 14.5. The number of carbonyl (C=O) groups is 2. The molecule has 6 nitrogen and oxygen atoms in total. The van der Waals surface area contributed by atoms with Crippen molar-refractivity contribution >= 4 is 24.2 Å². The van der Waals surface area contributed by atoms with E-state index >= 15 is 0 Å². The highest BCUT2D eigenvalue weighted by Gasteiger charge is 2.21. The topological polar surface area (TPSA) is 75.9 Å². The van der Waals surface area contributed by atoms with Crippen molar-refractivity contribution in [2.45, 2.75) is 25.7 Å². The molecule has 2 rings (SSSR count). The summed E-state index contributed by atoms with van der Waals surface area (Å²) in [6.45, 7) is 3.01. The van der Waals surface area contributed by atoms with Crippen LogP contribution in [-0.4, -0.2) is 61.4 Å². The number of rotatable bonds is 6. The van der Waals surface area contributed by atoms with Crippen LogP contribution in [0.5, 0.6) is 5.75 Å². The fourth-order valence-electron chi connectivity index (χ4n) is 2.90. The van der Waals surface area contributed by atoms with Gasteiger partial charge in [-0.25, -0.2) is 0 Å². The van der Waals surface area contributed by atoms with E-state index in [1.807, 2.05) is 34.1 Å². The molecule has 1 heterocycles.